The van der Waals surface area contributed by atoms with E-state index in [1.54, 1.807) is 6.92 Å². The zero-order valence-electron chi connectivity index (χ0n) is 22.8. The second-order valence-corrected chi connectivity index (χ2v) is 10.4. The maximum Gasteiger partial charge on any atom is 0.265 e. The lowest BCUT2D eigenvalue weighted by atomic mass is 10.1. The monoisotopic (exact) mass is 564 g/mol. The molecule has 0 unspecified atom stereocenters. The number of nitrogens with one attached hydrogen (secondary N) is 1. The third kappa shape index (κ3) is 5.51. The Morgan fingerprint density at radius 1 is 1.15 bits per heavy atom. The van der Waals surface area contributed by atoms with Crippen molar-refractivity contribution in [2.24, 2.45) is 0 Å². The first-order chi connectivity index (χ1) is 19.8. The minimum absolute atomic E-state index is 0.0225. The zero-order chi connectivity index (χ0) is 28.7. The van der Waals surface area contributed by atoms with E-state index in [-0.39, 0.29) is 47.4 Å². The minimum atomic E-state index is -0.685. The fraction of sp³-hybridized carbons (Fsp3) is 0.379. The number of aromatic nitrogens is 2. The number of halogens is 2. The van der Waals surface area contributed by atoms with Crippen LogP contribution in [0.15, 0.2) is 36.5 Å². The SMILES string of the molecule is COc1cc(F)ccc1-c1nc(Nc2cc(CN3CCN(C(C)=O)CC3)c3c(c2)N(C2CC2)C(=O)CO3)ncc1F. The van der Waals surface area contributed by atoms with E-state index in [1.165, 1.54) is 25.3 Å². The first-order valence-electron chi connectivity index (χ1n) is 13.5. The molecule has 2 aromatic carbocycles. The molecule has 41 heavy (non-hydrogen) atoms. The molecule has 3 heterocycles. The summed E-state index contributed by atoms with van der Waals surface area (Å²) < 4.78 is 39.8. The van der Waals surface area contributed by atoms with Gasteiger partial charge in [0.05, 0.1) is 19.0 Å². The molecule has 0 spiro atoms. The van der Waals surface area contributed by atoms with Gasteiger partial charge in [-0.2, -0.15) is 0 Å². The summed E-state index contributed by atoms with van der Waals surface area (Å²) in [5.74, 6) is -0.309. The van der Waals surface area contributed by atoms with E-state index in [1.807, 2.05) is 21.9 Å². The Labute approximate surface area is 235 Å². The number of carbonyl (C=O) groups is 2. The molecule has 2 aliphatic heterocycles. The van der Waals surface area contributed by atoms with E-state index in [2.05, 4.69) is 20.2 Å². The molecule has 12 heteroatoms. The van der Waals surface area contributed by atoms with Crippen molar-refractivity contribution in [3.63, 3.8) is 0 Å². The van der Waals surface area contributed by atoms with Crippen LogP contribution < -0.4 is 19.7 Å². The standard InChI is InChI=1S/C29H30F2N6O4/c1-17(38)36-9-7-35(8-10-36)15-18-11-20(13-24-28(18)41-16-26(39)37(24)21-4-5-21)33-29-32-14-23(31)27(34-29)22-6-3-19(30)12-25(22)40-2/h3,6,11-14,21H,4-5,7-10,15-16H2,1-2H3,(H,32,33,34). The molecular formula is C29H30F2N6O4. The summed E-state index contributed by atoms with van der Waals surface area (Å²) in [4.78, 5) is 39.0. The van der Waals surface area contributed by atoms with Crippen molar-refractivity contribution in [2.75, 3.05) is 50.1 Å². The van der Waals surface area contributed by atoms with E-state index in [4.69, 9.17) is 9.47 Å². The lowest BCUT2D eigenvalue weighted by Gasteiger charge is -2.36. The summed E-state index contributed by atoms with van der Waals surface area (Å²) in [6.45, 7) is 4.81. The molecule has 1 aliphatic carbocycles. The number of hydrogen-bond donors (Lipinski definition) is 1. The highest BCUT2D eigenvalue weighted by molar-refractivity contribution is 6.00. The number of methoxy groups -OCH3 is 1. The van der Waals surface area contributed by atoms with Gasteiger partial charge in [-0.1, -0.05) is 0 Å². The van der Waals surface area contributed by atoms with Crippen LogP contribution in [0.5, 0.6) is 11.5 Å². The third-order valence-electron chi connectivity index (χ3n) is 7.56. The fourth-order valence-corrected chi connectivity index (χ4v) is 5.35. The fourth-order valence-electron chi connectivity index (χ4n) is 5.35. The van der Waals surface area contributed by atoms with E-state index in [9.17, 15) is 18.4 Å². The largest absolute Gasteiger partial charge is 0.496 e. The van der Waals surface area contributed by atoms with Gasteiger partial charge in [0.2, 0.25) is 11.9 Å². The summed E-state index contributed by atoms with van der Waals surface area (Å²) in [6, 6.07) is 7.66. The van der Waals surface area contributed by atoms with Crippen LogP contribution in [0.4, 0.5) is 26.1 Å². The van der Waals surface area contributed by atoms with Crippen LogP contribution in [0.1, 0.15) is 25.3 Å². The Kier molecular flexibility index (Phi) is 7.16. The molecular weight excluding hydrogens is 534 g/mol. The van der Waals surface area contributed by atoms with Crippen LogP contribution in [0.25, 0.3) is 11.3 Å². The van der Waals surface area contributed by atoms with Crippen molar-refractivity contribution in [3.8, 4) is 22.8 Å². The predicted molar refractivity (Wildman–Crippen MR) is 147 cm³/mol. The lowest BCUT2D eigenvalue weighted by molar-refractivity contribution is -0.130. The molecule has 0 atom stereocenters. The number of piperazine rings is 1. The number of benzene rings is 2. The number of hydrogen-bond acceptors (Lipinski definition) is 8. The maximum absolute atomic E-state index is 14.8. The molecule has 6 rings (SSSR count). The number of rotatable bonds is 7. The van der Waals surface area contributed by atoms with Crippen molar-refractivity contribution < 1.29 is 27.8 Å². The summed E-state index contributed by atoms with van der Waals surface area (Å²) >= 11 is 0. The number of anilines is 3. The summed E-state index contributed by atoms with van der Waals surface area (Å²) in [5.41, 5.74) is 2.40. The third-order valence-corrected chi connectivity index (χ3v) is 7.56. The van der Waals surface area contributed by atoms with Gasteiger partial charge in [0.1, 0.15) is 23.0 Å². The highest BCUT2D eigenvalue weighted by Crippen LogP contribution is 2.44. The van der Waals surface area contributed by atoms with Crippen LogP contribution >= 0.6 is 0 Å². The molecule has 0 bridgehead atoms. The van der Waals surface area contributed by atoms with Crippen molar-refractivity contribution >= 4 is 29.1 Å². The first-order valence-corrected chi connectivity index (χ1v) is 13.5. The highest BCUT2D eigenvalue weighted by atomic mass is 19.1. The molecule has 3 aliphatic rings. The van der Waals surface area contributed by atoms with Gasteiger partial charge in [-0.25, -0.2) is 18.7 Å². The van der Waals surface area contributed by atoms with Gasteiger partial charge in [-0.05, 0) is 37.1 Å². The van der Waals surface area contributed by atoms with Crippen molar-refractivity contribution in [3.05, 3.63) is 53.7 Å². The normalized spacial score (nSPS) is 17.2. The van der Waals surface area contributed by atoms with Gasteiger partial charge >= 0.3 is 0 Å². The van der Waals surface area contributed by atoms with Gasteiger partial charge < -0.3 is 24.6 Å². The summed E-state index contributed by atoms with van der Waals surface area (Å²) in [7, 11) is 1.38. The number of nitrogens with zero attached hydrogens (tertiary/aromatic N) is 5. The van der Waals surface area contributed by atoms with E-state index in [0.717, 1.165) is 24.6 Å². The topological polar surface area (TPSA) is 100 Å². The van der Waals surface area contributed by atoms with E-state index in [0.29, 0.717) is 49.8 Å². The Bertz CT molecular complexity index is 1510. The summed E-state index contributed by atoms with van der Waals surface area (Å²) in [6.07, 6.45) is 2.90. The molecule has 10 nitrogen and oxygen atoms in total. The quantitative estimate of drug-likeness (QED) is 0.464. The molecule has 1 saturated heterocycles. The minimum Gasteiger partial charge on any atom is -0.496 e. The number of fused-ring (bicyclic) bond motifs is 1. The van der Waals surface area contributed by atoms with Gasteiger partial charge in [0, 0.05) is 68.6 Å². The maximum atomic E-state index is 14.8. The smallest absolute Gasteiger partial charge is 0.265 e. The Hall–Kier alpha value is -4.32. The van der Waals surface area contributed by atoms with Crippen molar-refractivity contribution in [1.29, 1.82) is 0 Å². The molecule has 1 N–H and O–H groups in total. The first kappa shape index (κ1) is 26.9. The van der Waals surface area contributed by atoms with Crippen molar-refractivity contribution in [2.45, 2.75) is 32.4 Å². The molecule has 3 aromatic rings. The Balaban J connectivity index is 1.34. The molecule has 214 valence electrons. The predicted octanol–water partition coefficient (Wildman–Crippen LogP) is 3.73. The average Bonchev–Trinajstić information content (AvgIpc) is 3.79. The molecule has 0 radical (unpaired) electrons. The molecule has 1 aromatic heterocycles. The molecule has 2 fully saturated rings. The zero-order valence-corrected chi connectivity index (χ0v) is 22.8. The van der Waals surface area contributed by atoms with Crippen LogP contribution in [-0.2, 0) is 16.1 Å². The molecule has 2 amide bonds. The van der Waals surface area contributed by atoms with Gasteiger partial charge in [0.25, 0.3) is 5.91 Å². The second kappa shape index (κ2) is 10.9. The number of carbonyl (C=O) groups excluding carboxylic acids is 2. The van der Waals surface area contributed by atoms with Crippen LogP contribution in [0.3, 0.4) is 0 Å². The van der Waals surface area contributed by atoms with Crippen molar-refractivity contribution in [1.82, 2.24) is 19.8 Å². The summed E-state index contributed by atoms with van der Waals surface area (Å²) in [5, 5.41) is 3.17. The molecule has 1 saturated carbocycles. The van der Waals surface area contributed by atoms with Gasteiger partial charge in [-0.15, -0.1) is 0 Å². The Morgan fingerprint density at radius 3 is 2.63 bits per heavy atom. The van der Waals surface area contributed by atoms with Gasteiger partial charge in [-0.3, -0.25) is 14.5 Å². The average molecular weight is 565 g/mol. The number of ether oxygens (including phenoxy) is 2. The highest BCUT2D eigenvalue weighted by Gasteiger charge is 2.39. The second-order valence-electron chi connectivity index (χ2n) is 10.4. The van der Waals surface area contributed by atoms with Gasteiger partial charge in [0.15, 0.2) is 12.4 Å². The van der Waals surface area contributed by atoms with Crippen LogP contribution in [-0.4, -0.2) is 77.5 Å². The van der Waals surface area contributed by atoms with Crippen LogP contribution in [0.2, 0.25) is 0 Å². The van der Waals surface area contributed by atoms with E-state index < -0.39 is 11.6 Å². The number of amides is 2. The van der Waals surface area contributed by atoms with E-state index >= 15 is 0 Å². The van der Waals surface area contributed by atoms with Crippen LogP contribution in [0, 0.1) is 11.6 Å². The Morgan fingerprint density at radius 2 is 1.93 bits per heavy atom. The lowest BCUT2D eigenvalue weighted by Crippen LogP contribution is -2.47.